The minimum atomic E-state index is -4.38. The molecule has 21 heavy (non-hydrogen) atoms. The van der Waals surface area contributed by atoms with Crippen LogP contribution < -0.4 is 4.72 Å². The van der Waals surface area contributed by atoms with Gasteiger partial charge in [-0.25, -0.2) is 26.4 Å². The van der Waals surface area contributed by atoms with E-state index in [-0.39, 0.29) is 4.88 Å². The number of aromatic carboxylic acids is 1. The van der Waals surface area contributed by atoms with Crippen molar-refractivity contribution in [1.82, 2.24) is 0 Å². The van der Waals surface area contributed by atoms with Crippen LogP contribution in [0, 0.1) is 17.5 Å². The van der Waals surface area contributed by atoms with E-state index in [1.807, 2.05) is 0 Å². The van der Waals surface area contributed by atoms with Crippen LogP contribution in [0.5, 0.6) is 0 Å². The van der Waals surface area contributed by atoms with Crippen molar-refractivity contribution in [2.45, 2.75) is 4.21 Å². The summed E-state index contributed by atoms with van der Waals surface area (Å²) in [5.74, 6) is -5.38. The maximum Gasteiger partial charge on any atom is 0.345 e. The molecule has 5 nitrogen and oxygen atoms in total. The summed E-state index contributed by atoms with van der Waals surface area (Å²) in [5.41, 5.74) is -1.04. The van der Waals surface area contributed by atoms with Gasteiger partial charge in [0.2, 0.25) is 0 Å². The summed E-state index contributed by atoms with van der Waals surface area (Å²) in [6.45, 7) is 0. The van der Waals surface area contributed by atoms with Crippen LogP contribution in [0.25, 0.3) is 0 Å². The lowest BCUT2D eigenvalue weighted by Gasteiger charge is -2.08. The van der Waals surface area contributed by atoms with E-state index in [1.54, 1.807) is 4.72 Å². The van der Waals surface area contributed by atoms with Crippen molar-refractivity contribution in [3.05, 3.63) is 46.6 Å². The smallest absolute Gasteiger partial charge is 0.345 e. The molecule has 10 heteroatoms. The quantitative estimate of drug-likeness (QED) is 0.898. The molecule has 0 saturated heterocycles. The second-order valence-electron chi connectivity index (χ2n) is 3.77. The number of hydrogen-bond donors (Lipinski definition) is 2. The van der Waals surface area contributed by atoms with Crippen molar-refractivity contribution in [2.24, 2.45) is 0 Å². The van der Waals surface area contributed by atoms with Crippen molar-refractivity contribution in [3.8, 4) is 0 Å². The zero-order valence-corrected chi connectivity index (χ0v) is 11.6. The fourth-order valence-electron chi connectivity index (χ4n) is 1.40. The highest BCUT2D eigenvalue weighted by molar-refractivity contribution is 7.94. The van der Waals surface area contributed by atoms with Gasteiger partial charge < -0.3 is 5.11 Å². The molecular weight excluding hydrogens is 331 g/mol. The highest BCUT2D eigenvalue weighted by atomic mass is 32.2. The number of benzene rings is 1. The number of sulfonamides is 1. The first kappa shape index (κ1) is 15.3. The zero-order valence-electron chi connectivity index (χ0n) is 9.93. The van der Waals surface area contributed by atoms with Crippen molar-refractivity contribution in [3.63, 3.8) is 0 Å². The van der Waals surface area contributed by atoms with Crippen molar-refractivity contribution >= 4 is 33.0 Å². The van der Waals surface area contributed by atoms with E-state index in [1.165, 1.54) is 0 Å². The van der Waals surface area contributed by atoms with E-state index in [4.69, 9.17) is 5.11 Å². The van der Waals surface area contributed by atoms with Gasteiger partial charge in [-0.2, -0.15) is 0 Å². The summed E-state index contributed by atoms with van der Waals surface area (Å²) in [7, 11) is -4.38. The lowest BCUT2D eigenvalue weighted by molar-refractivity contribution is 0.0702. The first-order valence-electron chi connectivity index (χ1n) is 5.21. The van der Waals surface area contributed by atoms with Gasteiger partial charge in [0, 0.05) is 12.1 Å². The van der Waals surface area contributed by atoms with Crippen LogP contribution in [0.4, 0.5) is 18.9 Å². The molecule has 0 radical (unpaired) electrons. The predicted molar refractivity (Wildman–Crippen MR) is 68.4 cm³/mol. The number of carbonyl (C=O) groups is 1. The Hall–Kier alpha value is -2.07. The lowest BCUT2D eigenvalue weighted by Crippen LogP contribution is -2.14. The number of halogens is 3. The number of anilines is 1. The Labute approximate surface area is 120 Å². The molecule has 0 bridgehead atoms. The molecule has 1 aromatic carbocycles. The number of hydrogen-bond acceptors (Lipinski definition) is 4. The standard InChI is InChI=1S/C11H6F3NO4S2/c12-5-3-6(13)10(7(14)4-5)15-21(18,19)9-2-1-8(20-9)11(16)17/h1-4,15H,(H,16,17). The molecule has 0 aliphatic rings. The molecule has 2 N–H and O–H groups in total. The van der Waals surface area contributed by atoms with Gasteiger partial charge in [-0.05, 0) is 12.1 Å². The Bertz CT molecular complexity index is 794. The predicted octanol–water partition coefficient (Wildman–Crippen LogP) is 2.66. The lowest BCUT2D eigenvalue weighted by atomic mass is 10.3. The highest BCUT2D eigenvalue weighted by Gasteiger charge is 2.23. The van der Waals surface area contributed by atoms with Gasteiger partial charge in [-0.1, -0.05) is 0 Å². The van der Waals surface area contributed by atoms with Crippen molar-refractivity contribution < 1.29 is 31.5 Å². The zero-order chi connectivity index (χ0) is 15.8. The Morgan fingerprint density at radius 2 is 1.71 bits per heavy atom. The molecule has 0 spiro atoms. The van der Waals surface area contributed by atoms with E-state index < -0.39 is 43.3 Å². The van der Waals surface area contributed by atoms with Crippen molar-refractivity contribution in [1.29, 1.82) is 0 Å². The molecule has 0 amide bonds. The SMILES string of the molecule is O=C(O)c1ccc(S(=O)(=O)Nc2c(F)cc(F)cc2F)s1. The van der Waals surface area contributed by atoms with Crippen LogP contribution in [0.1, 0.15) is 9.67 Å². The van der Waals surface area contributed by atoms with Crippen molar-refractivity contribution in [2.75, 3.05) is 4.72 Å². The molecule has 0 aliphatic heterocycles. The second-order valence-corrected chi connectivity index (χ2v) is 6.77. The van der Waals surface area contributed by atoms with E-state index in [0.717, 1.165) is 12.1 Å². The Balaban J connectivity index is 2.40. The molecule has 0 unspecified atom stereocenters. The fraction of sp³-hybridized carbons (Fsp3) is 0. The van der Waals surface area contributed by atoms with Gasteiger partial charge in [0.1, 0.15) is 20.6 Å². The first-order valence-corrected chi connectivity index (χ1v) is 7.51. The molecule has 1 heterocycles. The molecule has 112 valence electrons. The number of carboxylic acid groups (broad SMARTS) is 1. The largest absolute Gasteiger partial charge is 0.477 e. The summed E-state index contributed by atoms with van der Waals surface area (Å²) < 4.78 is 64.5. The molecule has 0 fully saturated rings. The van der Waals surface area contributed by atoms with Crippen LogP contribution >= 0.6 is 11.3 Å². The van der Waals surface area contributed by atoms with E-state index in [2.05, 4.69) is 0 Å². The topological polar surface area (TPSA) is 83.5 Å². The van der Waals surface area contributed by atoms with Crippen LogP contribution in [-0.4, -0.2) is 19.5 Å². The monoisotopic (exact) mass is 337 g/mol. The van der Waals surface area contributed by atoms with Gasteiger partial charge in [-0.15, -0.1) is 11.3 Å². The Morgan fingerprint density at radius 3 is 2.19 bits per heavy atom. The maximum atomic E-state index is 13.4. The normalized spacial score (nSPS) is 11.4. The Morgan fingerprint density at radius 1 is 1.14 bits per heavy atom. The van der Waals surface area contributed by atoms with E-state index in [9.17, 15) is 26.4 Å². The average molecular weight is 337 g/mol. The van der Waals surface area contributed by atoms with Gasteiger partial charge in [-0.3, -0.25) is 4.72 Å². The van der Waals surface area contributed by atoms with Gasteiger partial charge in [0.25, 0.3) is 10.0 Å². The summed E-state index contributed by atoms with van der Waals surface area (Å²) in [5, 5.41) is 8.71. The van der Waals surface area contributed by atoms with Crippen LogP contribution in [-0.2, 0) is 10.0 Å². The molecule has 2 rings (SSSR count). The summed E-state index contributed by atoms with van der Waals surface area (Å²) in [6.07, 6.45) is 0. The van der Waals surface area contributed by atoms with Crippen LogP contribution in [0.3, 0.4) is 0 Å². The van der Waals surface area contributed by atoms with Gasteiger partial charge >= 0.3 is 5.97 Å². The minimum Gasteiger partial charge on any atom is -0.477 e. The minimum absolute atomic E-state index is 0.254. The molecule has 0 saturated carbocycles. The maximum absolute atomic E-state index is 13.4. The highest BCUT2D eigenvalue weighted by Crippen LogP contribution is 2.27. The third-order valence-corrected chi connectivity index (χ3v) is 5.22. The molecule has 0 atom stereocenters. The summed E-state index contributed by atoms with van der Waals surface area (Å²) >= 11 is 0.413. The van der Waals surface area contributed by atoms with Gasteiger partial charge in [0.05, 0.1) is 0 Å². The Kier molecular flexibility index (Phi) is 3.92. The number of nitrogens with one attached hydrogen (secondary N) is 1. The van der Waals surface area contributed by atoms with E-state index in [0.29, 0.717) is 23.5 Å². The first-order chi connectivity index (χ1) is 9.70. The molecule has 0 aliphatic carbocycles. The van der Waals surface area contributed by atoms with Crippen LogP contribution in [0.15, 0.2) is 28.5 Å². The third kappa shape index (κ3) is 3.16. The number of carboxylic acids is 1. The van der Waals surface area contributed by atoms with E-state index >= 15 is 0 Å². The number of rotatable bonds is 4. The molecule has 2 aromatic rings. The van der Waals surface area contributed by atoms with Gasteiger partial charge in [0.15, 0.2) is 11.6 Å². The summed E-state index contributed by atoms with van der Waals surface area (Å²) in [6, 6.07) is 2.66. The summed E-state index contributed by atoms with van der Waals surface area (Å²) in [4.78, 5) is 10.4. The molecular formula is C11H6F3NO4S2. The average Bonchev–Trinajstić information content (AvgIpc) is 2.84. The number of thiophene rings is 1. The molecule has 1 aromatic heterocycles. The fourth-order valence-corrected chi connectivity index (χ4v) is 3.62. The third-order valence-electron chi connectivity index (χ3n) is 2.30. The van der Waals surface area contributed by atoms with Crippen LogP contribution in [0.2, 0.25) is 0 Å². The second kappa shape index (κ2) is 5.37.